The molecule has 15 heavy (non-hydrogen) atoms. The van der Waals surface area contributed by atoms with Gasteiger partial charge in [0.05, 0.1) is 6.54 Å². The van der Waals surface area contributed by atoms with E-state index in [1.165, 1.54) is 0 Å². The molecule has 0 aliphatic carbocycles. The molecular formula is C9H18N2O3Si. The van der Waals surface area contributed by atoms with Crippen molar-refractivity contribution in [2.75, 3.05) is 19.9 Å². The van der Waals surface area contributed by atoms with Gasteiger partial charge >= 0.3 is 6.03 Å². The van der Waals surface area contributed by atoms with Gasteiger partial charge in [0.2, 0.25) is 0 Å². The number of imide groups is 1. The second-order valence-electron chi connectivity index (χ2n) is 4.83. The Hall–Kier alpha value is -0.883. The van der Waals surface area contributed by atoms with E-state index < -0.39 is 8.07 Å². The van der Waals surface area contributed by atoms with Gasteiger partial charge in [0, 0.05) is 14.7 Å². The van der Waals surface area contributed by atoms with Gasteiger partial charge in [0.1, 0.15) is 6.73 Å². The van der Waals surface area contributed by atoms with Crippen LogP contribution in [-0.2, 0) is 9.53 Å². The van der Waals surface area contributed by atoms with Crippen molar-refractivity contribution >= 4 is 20.0 Å². The molecule has 1 heterocycles. The highest BCUT2D eigenvalue weighted by atomic mass is 28.3. The van der Waals surface area contributed by atoms with Crippen LogP contribution in [0.2, 0.25) is 25.7 Å². The fourth-order valence-electron chi connectivity index (χ4n) is 1.12. The van der Waals surface area contributed by atoms with E-state index >= 15 is 0 Å². The first-order valence-electron chi connectivity index (χ1n) is 5.06. The van der Waals surface area contributed by atoms with Crippen molar-refractivity contribution in [1.82, 2.24) is 10.2 Å². The predicted molar refractivity (Wildman–Crippen MR) is 59.2 cm³/mol. The maximum Gasteiger partial charge on any atom is 0.326 e. The molecule has 0 aromatic carbocycles. The zero-order valence-electron chi connectivity index (χ0n) is 9.50. The van der Waals surface area contributed by atoms with Crippen LogP contribution in [0.5, 0.6) is 0 Å². The van der Waals surface area contributed by atoms with Crippen molar-refractivity contribution in [1.29, 1.82) is 0 Å². The van der Waals surface area contributed by atoms with Crippen LogP contribution in [0.4, 0.5) is 4.79 Å². The highest BCUT2D eigenvalue weighted by Gasteiger charge is 2.28. The summed E-state index contributed by atoms with van der Waals surface area (Å²) in [5.74, 6) is -0.215. The normalized spacial score (nSPS) is 17.1. The molecule has 1 aliphatic heterocycles. The van der Waals surface area contributed by atoms with Crippen molar-refractivity contribution in [3.05, 3.63) is 0 Å². The third-order valence-corrected chi connectivity index (χ3v) is 3.86. The van der Waals surface area contributed by atoms with E-state index in [2.05, 4.69) is 25.0 Å². The molecule has 0 aromatic heterocycles. The molecule has 1 aliphatic rings. The number of rotatable bonds is 5. The molecule has 86 valence electrons. The van der Waals surface area contributed by atoms with E-state index in [0.29, 0.717) is 6.61 Å². The van der Waals surface area contributed by atoms with Crippen molar-refractivity contribution in [3.63, 3.8) is 0 Å². The van der Waals surface area contributed by atoms with Gasteiger partial charge in [0.25, 0.3) is 5.91 Å². The quantitative estimate of drug-likeness (QED) is 0.433. The van der Waals surface area contributed by atoms with Gasteiger partial charge in [-0.1, -0.05) is 19.6 Å². The third kappa shape index (κ3) is 4.01. The molecule has 5 nitrogen and oxygen atoms in total. The Labute approximate surface area is 90.8 Å². The minimum absolute atomic E-state index is 0.0785. The number of nitrogens with one attached hydrogen (secondary N) is 1. The molecule has 0 radical (unpaired) electrons. The fraction of sp³-hybridized carbons (Fsp3) is 0.778. The molecule has 0 aromatic rings. The Morgan fingerprint density at radius 3 is 2.53 bits per heavy atom. The van der Waals surface area contributed by atoms with Crippen LogP contribution in [0.1, 0.15) is 0 Å². The zero-order valence-corrected chi connectivity index (χ0v) is 10.5. The second kappa shape index (κ2) is 4.76. The largest absolute Gasteiger partial charge is 0.361 e. The first-order chi connectivity index (χ1) is 6.90. The second-order valence-corrected chi connectivity index (χ2v) is 10.4. The molecule has 0 spiro atoms. The molecule has 6 heteroatoms. The van der Waals surface area contributed by atoms with Crippen LogP contribution < -0.4 is 5.32 Å². The Bertz CT molecular complexity index is 247. The third-order valence-electron chi connectivity index (χ3n) is 2.15. The van der Waals surface area contributed by atoms with Crippen molar-refractivity contribution in [2.24, 2.45) is 0 Å². The average Bonchev–Trinajstić information content (AvgIpc) is 2.40. The summed E-state index contributed by atoms with van der Waals surface area (Å²) in [7, 11) is -1.10. The number of carbonyl (C=O) groups is 2. The minimum atomic E-state index is -1.10. The Morgan fingerprint density at radius 1 is 1.40 bits per heavy atom. The van der Waals surface area contributed by atoms with Crippen molar-refractivity contribution < 1.29 is 14.3 Å². The standard InChI is InChI=1S/C9H18N2O3Si/c1-15(2,3)5-4-14-7-11-8(12)6-10-9(11)13/h4-7H2,1-3H3,(H,10,13). The van der Waals surface area contributed by atoms with Crippen molar-refractivity contribution in [3.8, 4) is 0 Å². The highest BCUT2D eigenvalue weighted by Crippen LogP contribution is 2.08. The van der Waals surface area contributed by atoms with Crippen LogP contribution in [0.3, 0.4) is 0 Å². The first kappa shape index (κ1) is 12.2. The van der Waals surface area contributed by atoms with Crippen LogP contribution in [-0.4, -0.2) is 44.8 Å². The number of hydrogen-bond acceptors (Lipinski definition) is 3. The van der Waals surface area contributed by atoms with Crippen molar-refractivity contribution in [2.45, 2.75) is 25.7 Å². The van der Waals surface area contributed by atoms with E-state index in [0.717, 1.165) is 10.9 Å². The molecule has 1 rings (SSSR count). The summed E-state index contributed by atoms with van der Waals surface area (Å²) in [4.78, 5) is 23.3. The lowest BCUT2D eigenvalue weighted by Gasteiger charge is -2.17. The molecule has 3 amide bonds. The molecule has 1 fully saturated rings. The summed E-state index contributed by atoms with van der Waals surface area (Å²) in [6.07, 6.45) is 0. The summed E-state index contributed by atoms with van der Waals surface area (Å²) in [5.41, 5.74) is 0. The van der Waals surface area contributed by atoms with E-state index in [1.54, 1.807) is 0 Å². The Morgan fingerprint density at radius 2 is 2.07 bits per heavy atom. The molecular weight excluding hydrogens is 212 g/mol. The van der Waals surface area contributed by atoms with Crippen LogP contribution >= 0.6 is 0 Å². The maximum absolute atomic E-state index is 11.1. The number of urea groups is 1. The van der Waals surface area contributed by atoms with Gasteiger partial charge in [-0.2, -0.15) is 0 Å². The number of nitrogens with zero attached hydrogens (tertiary/aromatic N) is 1. The minimum Gasteiger partial charge on any atom is -0.361 e. The van der Waals surface area contributed by atoms with Gasteiger partial charge in [-0.05, 0) is 6.04 Å². The summed E-state index contributed by atoms with van der Waals surface area (Å²) in [6.45, 7) is 7.55. The summed E-state index contributed by atoms with van der Waals surface area (Å²) in [6, 6.07) is 0.685. The maximum atomic E-state index is 11.1. The summed E-state index contributed by atoms with van der Waals surface area (Å²) in [5, 5.41) is 2.44. The van der Waals surface area contributed by atoms with Gasteiger partial charge in [-0.3, -0.25) is 4.79 Å². The zero-order chi connectivity index (χ0) is 11.5. The van der Waals surface area contributed by atoms with E-state index in [1.807, 2.05) is 0 Å². The smallest absolute Gasteiger partial charge is 0.326 e. The Balaban J connectivity index is 2.20. The monoisotopic (exact) mass is 230 g/mol. The molecule has 1 saturated heterocycles. The SMILES string of the molecule is C[Si](C)(C)CCOCN1C(=O)CNC1=O. The fourth-order valence-corrected chi connectivity index (χ4v) is 1.88. The molecule has 0 saturated carbocycles. The van der Waals surface area contributed by atoms with E-state index in [4.69, 9.17) is 4.74 Å². The molecule has 1 N–H and O–H groups in total. The predicted octanol–water partition coefficient (Wildman–Crippen LogP) is 0.850. The summed E-state index contributed by atoms with van der Waals surface area (Å²) < 4.78 is 5.31. The van der Waals surface area contributed by atoms with Crippen LogP contribution in [0, 0.1) is 0 Å². The average molecular weight is 230 g/mol. The van der Waals surface area contributed by atoms with E-state index in [-0.39, 0.29) is 25.2 Å². The topological polar surface area (TPSA) is 58.6 Å². The van der Waals surface area contributed by atoms with Crippen LogP contribution in [0.25, 0.3) is 0 Å². The lowest BCUT2D eigenvalue weighted by Crippen LogP contribution is -2.34. The van der Waals surface area contributed by atoms with Gasteiger partial charge in [-0.25, -0.2) is 9.69 Å². The molecule has 0 bridgehead atoms. The molecule has 0 unspecified atom stereocenters. The summed E-state index contributed by atoms with van der Waals surface area (Å²) >= 11 is 0. The Kier molecular flexibility index (Phi) is 3.87. The first-order valence-corrected chi connectivity index (χ1v) is 8.77. The van der Waals surface area contributed by atoms with E-state index in [9.17, 15) is 9.59 Å². The number of hydrogen-bond donors (Lipinski definition) is 1. The highest BCUT2D eigenvalue weighted by molar-refractivity contribution is 6.76. The number of carbonyl (C=O) groups excluding carboxylic acids is 2. The van der Waals surface area contributed by atoms with Gasteiger partial charge < -0.3 is 10.1 Å². The number of amides is 3. The lowest BCUT2D eigenvalue weighted by molar-refractivity contribution is -0.128. The molecule has 0 atom stereocenters. The lowest BCUT2D eigenvalue weighted by atomic mass is 10.6. The van der Waals surface area contributed by atoms with Gasteiger partial charge in [-0.15, -0.1) is 0 Å². The van der Waals surface area contributed by atoms with Gasteiger partial charge in [0.15, 0.2) is 0 Å². The van der Waals surface area contributed by atoms with Crippen LogP contribution in [0.15, 0.2) is 0 Å². The number of ether oxygens (including phenoxy) is 1.